The molecule has 1 aliphatic rings. The van der Waals surface area contributed by atoms with Crippen LogP contribution in [0, 0.1) is 5.82 Å². The number of benzene rings is 2. The number of nitrogens with zero attached hydrogens (tertiary/aromatic N) is 2. The van der Waals surface area contributed by atoms with Crippen LogP contribution in [-0.4, -0.2) is 42.7 Å². The van der Waals surface area contributed by atoms with Crippen LogP contribution in [0.15, 0.2) is 42.5 Å². The maximum Gasteiger partial charge on any atom is 0.428 e. The lowest BCUT2D eigenvalue weighted by atomic mass is 10.0. The number of hydroxylamine groups is 2. The number of halogens is 7. The fourth-order valence-corrected chi connectivity index (χ4v) is 3.60. The summed E-state index contributed by atoms with van der Waals surface area (Å²) in [6.45, 7) is 0.788. The van der Waals surface area contributed by atoms with Gasteiger partial charge in [-0.2, -0.15) is 26.3 Å². The Labute approximate surface area is 191 Å². The topological polar surface area (TPSA) is 44.8 Å². The minimum Gasteiger partial charge on any atom is -0.350 e. The Kier molecular flexibility index (Phi) is 7.71. The first-order chi connectivity index (χ1) is 15.8. The molecule has 1 aliphatic heterocycles. The molecule has 0 spiro atoms. The van der Waals surface area contributed by atoms with Gasteiger partial charge in [0.15, 0.2) is 0 Å². The Morgan fingerprint density at radius 2 is 1.62 bits per heavy atom. The number of carbonyl (C=O) groups excluding carboxylic acids is 1. The lowest BCUT2D eigenvalue weighted by Crippen LogP contribution is -2.38. The average molecular weight is 493 g/mol. The largest absolute Gasteiger partial charge is 0.428 e. The van der Waals surface area contributed by atoms with Crippen molar-refractivity contribution >= 4 is 6.09 Å². The normalized spacial score (nSPS) is 17.8. The third-order valence-electron chi connectivity index (χ3n) is 5.28. The van der Waals surface area contributed by atoms with E-state index in [1.807, 2.05) is 0 Å². The second-order valence-electron chi connectivity index (χ2n) is 7.87. The molecule has 0 aliphatic carbocycles. The summed E-state index contributed by atoms with van der Waals surface area (Å²) in [4.78, 5) is 19.0. The number of hydrogen-bond donors (Lipinski definition) is 1. The van der Waals surface area contributed by atoms with Gasteiger partial charge < -0.3 is 15.1 Å². The Balaban J connectivity index is 1.77. The molecule has 34 heavy (non-hydrogen) atoms. The highest BCUT2D eigenvalue weighted by atomic mass is 19.4. The standard InChI is InChI=1S/C22H22F7N3O2/c1-31(13-14-10-16(21(24,25)26)12-17(11-14)22(27,28)29)20(33)34-32-9-8-30-7-6-19(32)15-2-4-18(23)5-3-15/h2-5,10-12,19,30H,6-9,13H2,1H3/t19-/m1/s1. The van der Waals surface area contributed by atoms with Crippen molar-refractivity contribution in [1.82, 2.24) is 15.3 Å². The molecule has 2 aromatic carbocycles. The number of rotatable bonds is 4. The summed E-state index contributed by atoms with van der Waals surface area (Å²) in [6.07, 6.45) is -10.4. The van der Waals surface area contributed by atoms with Gasteiger partial charge in [0.05, 0.1) is 17.2 Å². The van der Waals surface area contributed by atoms with Crippen molar-refractivity contribution in [3.05, 3.63) is 70.5 Å². The smallest absolute Gasteiger partial charge is 0.350 e. The first-order valence-electron chi connectivity index (χ1n) is 10.3. The van der Waals surface area contributed by atoms with E-state index < -0.39 is 48.0 Å². The molecule has 1 heterocycles. The molecule has 1 saturated heterocycles. The van der Waals surface area contributed by atoms with Crippen molar-refractivity contribution in [3.8, 4) is 0 Å². The molecule has 0 unspecified atom stereocenters. The summed E-state index contributed by atoms with van der Waals surface area (Å²) in [6, 6.07) is 6.38. The number of nitrogens with one attached hydrogen (secondary N) is 1. The number of carbonyl (C=O) groups is 1. The average Bonchev–Trinajstić information content (AvgIpc) is 2.98. The molecule has 1 amide bonds. The molecule has 0 bridgehead atoms. The maximum absolute atomic E-state index is 13.3. The molecule has 186 valence electrons. The minimum absolute atomic E-state index is 0.0271. The van der Waals surface area contributed by atoms with Crippen molar-refractivity contribution in [2.75, 3.05) is 26.7 Å². The van der Waals surface area contributed by atoms with Gasteiger partial charge in [0.25, 0.3) is 0 Å². The Morgan fingerprint density at radius 1 is 1.03 bits per heavy atom. The van der Waals surface area contributed by atoms with Crippen LogP contribution in [0.4, 0.5) is 35.5 Å². The van der Waals surface area contributed by atoms with Gasteiger partial charge >= 0.3 is 18.4 Å². The molecule has 0 radical (unpaired) electrons. The van der Waals surface area contributed by atoms with E-state index in [0.29, 0.717) is 37.2 Å². The second kappa shape index (κ2) is 10.2. The third kappa shape index (κ3) is 6.60. The zero-order chi connectivity index (χ0) is 25.1. The first kappa shape index (κ1) is 25.8. The highest BCUT2D eigenvalue weighted by molar-refractivity contribution is 5.67. The van der Waals surface area contributed by atoms with E-state index in [-0.39, 0.29) is 18.2 Å². The number of hydrogen-bond acceptors (Lipinski definition) is 4. The van der Waals surface area contributed by atoms with Crippen LogP contribution in [0.25, 0.3) is 0 Å². The molecule has 0 saturated carbocycles. The van der Waals surface area contributed by atoms with E-state index in [1.165, 1.54) is 24.2 Å². The summed E-state index contributed by atoms with van der Waals surface area (Å²) in [5, 5.41) is 4.51. The van der Waals surface area contributed by atoms with Crippen molar-refractivity contribution in [3.63, 3.8) is 0 Å². The van der Waals surface area contributed by atoms with E-state index in [1.54, 1.807) is 12.1 Å². The Hall–Kier alpha value is -2.86. The van der Waals surface area contributed by atoms with Crippen LogP contribution in [0.2, 0.25) is 0 Å². The summed E-state index contributed by atoms with van der Waals surface area (Å²) < 4.78 is 91.9. The number of amides is 1. The predicted octanol–water partition coefficient (Wildman–Crippen LogP) is 5.38. The highest BCUT2D eigenvalue weighted by Crippen LogP contribution is 2.36. The van der Waals surface area contributed by atoms with Gasteiger partial charge in [-0.25, -0.2) is 9.18 Å². The van der Waals surface area contributed by atoms with Crippen LogP contribution in [0.3, 0.4) is 0 Å². The zero-order valence-corrected chi connectivity index (χ0v) is 18.0. The minimum atomic E-state index is -4.99. The van der Waals surface area contributed by atoms with Gasteiger partial charge in [-0.05, 0) is 54.4 Å². The van der Waals surface area contributed by atoms with Crippen molar-refractivity contribution in [2.45, 2.75) is 31.4 Å². The number of alkyl halides is 6. The van der Waals surface area contributed by atoms with Crippen LogP contribution in [0.5, 0.6) is 0 Å². The lowest BCUT2D eigenvalue weighted by molar-refractivity contribution is -0.143. The maximum atomic E-state index is 13.3. The predicted molar refractivity (Wildman–Crippen MR) is 108 cm³/mol. The van der Waals surface area contributed by atoms with Gasteiger partial charge in [0, 0.05) is 26.7 Å². The summed E-state index contributed by atoms with van der Waals surface area (Å²) >= 11 is 0. The summed E-state index contributed by atoms with van der Waals surface area (Å²) in [7, 11) is 1.21. The fourth-order valence-electron chi connectivity index (χ4n) is 3.60. The Morgan fingerprint density at radius 3 is 2.18 bits per heavy atom. The zero-order valence-electron chi connectivity index (χ0n) is 18.0. The van der Waals surface area contributed by atoms with E-state index in [2.05, 4.69) is 5.32 Å². The molecule has 1 fully saturated rings. The molecule has 1 N–H and O–H groups in total. The first-order valence-corrected chi connectivity index (χ1v) is 10.3. The van der Waals surface area contributed by atoms with Crippen molar-refractivity contribution in [2.24, 2.45) is 0 Å². The van der Waals surface area contributed by atoms with E-state index in [4.69, 9.17) is 4.84 Å². The van der Waals surface area contributed by atoms with Gasteiger partial charge in [-0.1, -0.05) is 12.1 Å². The third-order valence-corrected chi connectivity index (χ3v) is 5.28. The van der Waals surface area contributed by atoms with Crippen LogP contribution in [0.1, 0.15) is 34.7 Å². The highest BCUT2D eigenvalue weighted by Gasteiger charge is 2.37. The molecular formula is C22H22F7N3O2. The summed E-state index contributed by atoms with van der Waals surface area (Å²) in [5.74, 6) is -0.432. The van der Waals surface area contributed by atoms with E-state index in [0.717, 1.165) is 4.90 Å². The molecule has 5 nitrogen and oxygen atoms in total. The second-order valence-corrected chi connectivity index (χ2v) is 7.87. The molecule has 3 rings (SSSR count). The monoisotopic (exact) mass is 493 g/mol. The summed E-state index contributed by atoms with van der Waals surface area (Å²) in [5.41, 5.74) is -2.59. The molecule has 1 atom stereocenters. The van der Waals surface area contributed by atoms with E-state index >= 15 is 0 Å². The Bertz CT molecular complexity index is 961. The van der Waals surface area contributed by atoms with Gasteiger partial charge in [-0.3, -0.25) is 0 Å². The SMILES string of the molecule is CN(Cc1cc(C(F)(F)F)cc(C(F)(F)F)c1)C(=O)ON1CCNCC[C@@H]1c1ccc(F)cc1. The molecular weight excluding hydrogens is 471 g/mol. The molecule has 2 aromatic rings. The van der Waals surface area contributed by atoms with Gasteiger partial charge in [0.2, 0.25) is 0 Å². The molecule has 12 heteroatoms. The lowest BCUT2D eigenvalue weighted by Gasteiger charge is -2.30. The van der Waals surface area contributed by atoms with E-state index in [9.17, 15) is 35.5 Å². The molecule has 0 aromatic heterocycles. The van der Waals surface area contributed by atoms with Crippen LogP contribution >= 0.6 is 0 Å². The van der Waals surface area contributed by atoms with Crippen molar-refractivity contribution < 1.29 is 40.4 Å². The van der Waals surface area contributed by atoms with Gasteiger partial charge in [0.1, 0.15) is 5.82 Å². The van der Waals surface area contributed by atoms with Crippen LogP contribution < -0.4 is 5.32 Å². The fraction of sp³-hybridized carbons (Fsp3) is 0.409. The van der Waals surface area contributed by atoms with Crippen LogP contribution in [-0.2, 0) is 23.7 Å². The van der Waals surface area contributed by atoms with Gasteiger partial charge in [-0.15, -0.1) is 5.06 Å². The van der Waals surface area contributed by atoms with Crippen molar-refractivity contribution in [1.29, 1.82) is 0 Å². The quantitative estimate of drug-likeness (QED) is 0.581.